The van der Waals surface area contributed by atoms with Crippen molar-refractivity contribution in [3.63, 3.8) is 0 Å². The molecule has 0 aliphatic rings. The summed E-state index contributed by atoms with van der Waals surface area (Å²) in [6.07, 6.45) is 2.25. The molecule has 3 rings (SSSR count). The number of fused-ring (bicyclic) bond motifs is 1. The van der Waals surface area contributed by atoms with E-state index in [9.17, 15) is 0 Å². The number of hydrogen-bond acceptors (Lipinski definition) is 6. The van der Waals surface area contributed by atoms with Gasteiger partial charge in [0.2, 0.25) is 5.95 Å². The van der Waals surface area contributed by atoms with Crippen molar-refractivity contribution in [2.45, 2.75) is 47.5 Å². The maximum absolute atomic E-state index is 4.97. The number of anilines is 3. The highest BCUT2D eigenvalue weighted by atomic mass is 79.9. The smallest absolute Gasteiger partial charge is 0.229 e. The van der Waals surface area contributed by atoms with Crippen LogP contribution in [-0.2, 0) is 0 Å². The number of aryl methyl sites for hydroxylation is 1. The van der Waals surface area contributed by atoms with Gasteiger partial charge in [-0.25, -0.2) is 4.98 Å². The van der Waals surface area contributed by atoms with Gasteiger partial charge in [-0.2, -0.15) is 4.98 Å². The number of rotatable bonds is 15. The Morgan fingerprint density at radius 3 is 1.89 bits per heavy atom. The Bertz CT molecular complexity index is 1070. The Hall–Kier alpha value is -1.93. The van der Waals surface area contributed by atoms with Crippen molar-refractivity contribution >= 4 is 56.6 Å². The third kappa shape index (κ3) is 9.71. The lowest BCUT2D eigenvalue weighted by Gasteiger charge is -2.27. The standard InChI is InChI=1S/C29H43BrN6.ClH/c1-6-34(7-2)16-10-18-36(19-11-17-35(8-3)9-4)28-20-23(5)31-29(33-28)32-27-15-13-24-21-26(30)14-12-25(24)22-27;/h12-15,20-22H,6-11,16-19H2,1-5H3,(H,31,32,33);1H. The monoisotopic (exact) mass is 590 g/mol. The Labute approximate surface area is 238 Å². The summed E-state index contributed by atoms with van der Waals surface area (Å²) in [4.78, 5) is 17.1. The maximum Gasteiger partial charge on any atom is 0.229 e. The van der Waals surface area contributed by atoms with E-state index in [-0.39, 0.29) is 12.4 Å². The van der Waals surface area contributed by atoms with E-state index in [1.807, 2.05) is 0 Å². The molecule has 0 atom stereocenters. The van der Waals surface area contributed by atoms with Crippen LogP contribution in [0.1, 0.15) is 46.2 Å². The summed E-state index contributed by atoms with van der Waals surface area (Å²) in [6, 6.07) is 14.8. The fraction of sp³-hybridized carbons (Fsp3) is 0.517. The molecule has 0 saturated heterocycles. The number of aromatic nitrogens is 2. The molecule has 2 aromatic carbocycles. The molecule has 0 radical (unpaired) electrons. The van der Waals surface area contributed by atoms with Gasteiger partial charge in [0.05, 0.1) is 0 Å². The minimum absolute atomic E-state index is 0. The Kier molecular flexibility index (Phi) is 13.6. The average molecular weight is 592 g/mol. The summed E-state index contributed by atoms with van der Waals surface area (Å²) in [5, 5.41) is 5.84. The highest BCUT2D eigenvalue weighted by Gasteiger charge is 2.13. The van der Waals surface area contributed by atoms with E-state index >= 15 is 0 Å². The number of nitrogens with one attached hydrogen (secondary N) is 1. The van der Waals surface area contributed by atoms with E-state index in [1.165, 1.54) is 10.8 Å². The predicted molar refractivity (Wildman–Crippen MR) is 166 cm³/mol. The fourth-order valence-corrected chi connectivity index (χ4v) is 4.96. The molecule has 0 saturated carbocycles. The first kappa shape index (κ1) is 31.3. The molecular weight excluding hydrogens is 548 g/mol. The van der Waals surface area contributed by atoms with Crippen LogP contribution in [0.3, 0.4) is 0 Å². The largest absolute Gasteiger partial charge is 0.356 e. The quantitative estimate of drug-likeness (QED) is 0.203. The predicted octanol–water partition coefficient (Wildman–Crippen LogP) is 7.14. The van der Waals surface area contributed by atoms with Gasteiger partial charge < -0.3 is 20.0 Å². The van der Waals surface area contributed by atoms with Crippen LogP contribution in [0.25, 0.3) is 10.8 Å². The number of nitrogens with zero attached hydrogens (tertiary/aromatic N) is 5. The summed E-state index contributed by atoms with van der Waals surface area (Å²) >= 11 is 3.56. The van der Waals surface area contributed by atoms with Gasteiger partial charge in [-0.15, -0.1) is 12.4 Å². The average Bonchev–Trinajstić information content (AvgIpc) is 2.87. The lowest BCUT2D eigenvalue weighted by Crippen LogP contribution is -2.33. The zero-order valence-corrected chi connectivity index (χ0v) is 25.5. The number of halogens is 2. The van der Waals surface area contributed by atoms with Crippen molar-refractivity contribution in [2.24, 2.45) is 0 Å². The van der Waals surface area contributed by atoms with Crippen molar-refractivity contribution in [3.8, 4) is 0 Å². The van der Waals surface area contributed by atoms with E-state index < -0.39 is 0 Å². The van der Waals surface area contributed by atoms with Gasteiger partial charge in [0.15, 0.2) is 0 Å². The molecule has 0 amide bonds. The minimum Gasteiger partial charge on any atom is -0.356 e. The third-order valence-electron chi connectivity index (χ3n) is 6.82. The summed E-state index contributed by atoms with van der Waals surface area (Å²) in [5.41, 5.74) is 1.97. The Balaban J connectivity index is 0.00000481. The van der Waals surface area contributed by atoms with E-state index in [4.69, 9.17) is 9.97 Å². The topological polar surface area (TPSA) is 47.5 Å². The van der Waals surface area contributed by atoms with Crippen LogP contribution in [0.2, 0.25) is 0 Å². The maximum atomic E-state index is 4.97. The highest BCUT2D eigenvalue weighted by molar-refractivity contribution is 9.10. The van der Waals surface area contributed by atoms with Crippen molar-refractivity contribution in [2.75, 3.05) is 62.6 Å². The summed E-state index contributed by atoms with van der Waals surface area (Å²) < 4.78 is 1.09. The SMILES string of the molecule is CCN(CC)CCCN(CCCN(CC)CC)c1cc(C)nc(Nc2ccc3cc(Br)ccc3c2)n1.Cl. The molecule has 3 aromatic rings. The van der Waals surface area contributed by atoms with Crippen LogP contribution in [0.5, 0.6) is 0 Å². The Morgan fingerprint density at radius 1 is 0.730 bits per heavy atom. The van der Waals surface area contributed by atoms with Crippen LogP contribution in [-0.4, -0.2) is 72.1 Å². The van der Waals surface area contributed by atoms with Crippen LogP contribution in [0.15, 0.2) is 46.9 Å². The first-order valence-electron chi connectivity index (χ1n) is 13.5. The minimum atomic E-state index is 0. The van der Waals surface area contributed by atoms with E-state index in [0.29, 0.717) is 5.95 Å². The second-order valence-electron chi connectivity index (χ2n) is 9.27. The van der Waals surface area contributed by atoms with Crippen molar-refractivity contribution < 1.29 is 0 Å². The molecule has 0 spiro atoms. The molecule has 1 heterocycles. The number of benzene rings is 2. The van der Waals surface area contributed by atoms with Crippen LogP contribution in [0, 0.1) is 6.92 Å². The van der Waals surface area contributed by atoms with Crippen molar-refractivity contribution in [1.29, 1.82) is 0 Å². The Morgan fingerprint density at radius 2 is 1.30 bits per heavy atom. The lowest BCUT2D eigenvalue weighted by molar-refractivity contribution is 0.294. The molecule has 0 bridgehead atoms. The molecule has 1 aromatic heterocycles. The first-order valence-corrected chi connectivity index (χ1v) is 14.3. The first-order chi connectivity index (χ1) is 17.4. The zero-order valence-electron chi connectivity index (χ0n) is 23.1. The van der Waals surface area contributed by atoms with Gasteiger partial charge >= 0.3 is 0 Å². The lowest BCUT2D eigenvalue weighted by atomic mass is 10.1. The number of hydrogen-bond donors (Lipinski definition) is 1. The van der Waals surface area contributed by atoms with Gasteiger partial charge in [0, 0.05) is 35.0 Å². The summed E-state index contributed by atoms with van der Waals surface area (Å²) in [7, 11) is 0. The molecule has 8 heteroatoms. The molecule has 0 unspecified atom stereocenters. The second-order valence-corrected chi connectivity index (χ2v) is 10.2. The second kappa shape index (κ2) is 16.1. The van der Waals surface area contributed by atoms with E-state index in [1.54, 1.807) is 0 Å². The molecule has 0 aliphatic heterocycles. The van der Waals surface area contributed by atoms with Gasteiger partial charge in [0.1, 0.15) is 5.82 Å². The van der Waals surface area contributed by atoms with Crippen LogP contribution < -0.4 is 10.2 Å². The molecule has 0 fully saturated rings. The van der Waals surface area contributed by atoms with E-state index in [2.05, 4.69) is 113 Å². The summed E-state index contributed by atoms with van der Waals surface area (Å²) in [5.74, 6) is 1.66. The molecule has 204 valence electrons. The normalized spacial score (nSPS) is 11.2. The van der Waals surface area contributed by atoms with Gasteiger partial charge in [-0.3, -0.25) is 0 Å². The van der Waals surface area contributed by atoms with Crippen molar-refractivity contribution in [3.05, 3.63) is 52.6 Å². The molecule has 6 nitrogen and oxygen atoms in total. The van der Waals surface area contributed by atoms with Gasteiger partial charge in [0.25, 0.3) is 0 Å². The molecule has 0 aliphatic carbocycles. The fourth-order valence-electron chi connectivity index (χ4n) is 4.58. The van der Waals surface area contributed by atoms with Gasteiger partial charge in [-0.05, 0) is 94.1 Å². The molecule has 1 N–H and O–H groups in total. The molecular formula is C29H44BrClN6. The van der Waals surface area contributed by atoms with Crippen LogP contribution in [0.4, 0.5) is 17.5 Å². The van der Waals surface area contributed by atoms with Crippen molar-refractivity contribution in [1.82, 2.24) is 19.8 Å². The van der Waals surface area contributed by atoms with E-state index in [0.717, 1.165) is 86.9 Å². The van der Waals surface area contributed by atoms with Crippen LogP contribution >= 0.6 is 28.3 Å². The zero-order chi connectivity index (χ0) is 25.9. The highest BCUT2D eigenvalue weighted by Crippen LogP contribution is 2.25. The third-order valence-corrected chi connectivity index (χ3v) is 7.31. The van der Waals surface area contributed by atoms with Gasteiger partial charge in [-0.1, -0.05) is 55.8 Å². The molecule has 37 heavy (non-hydrogen) atoms. The summed E-state index contributed by atoms with van der Waals surface area (Å²) in [6.45, 7) is 19.6.